The zero-order valence-corrected chi connectivity index (χ0v) is 13.9. The van der Waals surface area contributed by atoms with E-state index in [1.807, 2.05) is 12.1 Å². The van der Waals surface area contributed by atoms with Gasteiger partial charge in [0.05, 0.1) is 13.2 Å². The third-order valence-electron chi connectivity index (χ3n) is 3.44. The van der Waals surface area contributed by atoms with Crippen molar-refractivity contribution in [1.82, 2.24) is 4.98 Å². The summed E-state index contributed by atoms with van der Waals surface area (Å²) in [7, 11) is 0. The summed E-state index contributed by atoms with van der Waals surface area (Å²) in [4.78, 5) is 8.42. The van der Waals surface area contributed by atoms with Gasteiger partial charge in [-0.3, -0.25) is 0 Å². The fourth-order valence-electron chi connectivity index (χ4n) is 2.35. The van der Waals surface area contributed by atoms with Crippen molar-refractivity contribution in [2.75, 3.05) is 4.90 Å². The van der Waals surface area contributed by atoms with Gasteiger partial charge in [0.1, 0.15) is 5.82 Å². The number of thiophene rings is 1. The molecular weight excluding hydrogens is 280 g/mol. The summed E-state index contributed by atoms with van der Waals surface area (Å²) in [6, 6.07) is 8.62. The molecule has 21 heavy (non-hydrogen) atoms. The molecule has 0 radical (unpaired) electrons. The minimum absolute atomic E-state index is 0.0666. The number of nitrogens with zero attached hydrogens (tertiary/aromatic N) is 2. The first-order chi connectivity index (χ1) is 10.1. The van der Waals surface area contributed by atoms with Crippen LogP contribution in [0.15, 0.2) is 29.6 Å². The molecule has 4 heteroatoms. The molecule has 0 amide bonds. The van der Waals surface area contributed by atoms with E-state index in [4.69, 9.17) is 4.98 Å². The van der Waals surface area contributed by atoms with Crippen molar-refractivity contribution in [1.29, 1.82) is 0 Å². The van der Waals surface area contributed by atoms with Gasteiger partial charge in [-0.2, -0.15) is 0 Å². The summed E-state index contributed by atoms with van der Waals surface area (Å²) in [6.07, 6.45) is 2.01. The first kappa shape index (κ1) is 16.0. The Hall–Kier alpha value is -1.39. The van der Waals surface area contributed by atoms with E-state index in [-0.39, 0.29) is 6.61 Å². The first-order valence-electron chi connectivity index (χ1n) is 7.53. The largest absolute Gasteiger partial charge is 0.392 e. The lowest BCUT2D eigenvalue weighted by molar-refractivity contribution is 0.281. The number of aliphatic hydroxyl groups is 1. The Morgan fingerprint density at radius 3 is 2.71 bits per heavy atom. The lowest BCUT2D eigenvalue weighted by Crippen LogP contribution is -2.31. The highest BCUT2D eigenvalue weighted by molar-refractivity contribution is 7.09. The molecule has 2 heterocycles. The SMILES string of the molecule is CCCc1cc(CO)cc(N(Cc2cccs2)C(C)C)n1. The maximum Gasteiger partial charge on any atom is 0.129 e. The molecule has 0 spiro atoms. The van der Waals surface area contributed by atoms with Gasteiger partial charge in [-0.1, -0.05) is 19.4 Å². The molecule has 2 rings (SSSR count). The highest BCUT2D eigenvalue weighted by Crippen LogP contribution is 2.22. The maximum absolute atomic E-state index is 9.49. The molecule has 0 fully saturated rings. The van der Waals surface area contributed by atoms with Crippen LogP contribution in [0.3, 0.4) is 0 Å². The maximum atomic E-state index is 9.49. The Labute approximate surface area is 131 Å². The van der Waals surface area contributed by atoms with Crippen molar-refractivity contribution in [3.63, 3.8) is 0 Å². The smallest absolute Gasteiger partial charge is 0.129 e. The predicted octanol–water partition coefficient (Wildman–Crippen LogP) is 4.00. The van der Waals surface area contributed by atoms with Crippen molar-refractivity contribution in [2.24, 2.45) is 0 Å². The lowest BCUT2D eigenvalue weighted by Gasteiger charge is -2.28. The van der Waals surface area contributed by atoms with Gasteiger partial charge in [0.25, 0.3) is 0 Å². The summed E-state index contributed by atoms with van der Waals surface area (Å²) >= 11 is 1.77. The monoisotopic (exact) mass is 304 g/mol. The minimum Gasteiger partial charge on any atom is -0.392 e. The van der Waals surface area contributed by atoms with Gasteiger partial charge in [-0.25, -0.2) is 4.98 Å². The quantitative estimate of drug-likeness (QED) is 0.840. The standard InChI is InChI=1S/C17H24N2OS/c1-4-6-15-9-14(12-20)10-17(18-15)19(13(2)3)11-16-7-5-8-21-16/h5,7-10,13,20H,4,6,11-12H2,1-3H3. The van der Waals surface area contributed by atoms with Crippen LogP contribution >= 0.6 is 11.3 Å². The molecule has 1 N–H and O–H groups in total. The number of rotatable bonds is 7. The molecule has 2 aromatic heterocycles. The molecule has 0 saturated carbocycles. The highest BCUT2D eigenvalue weighted by Gasteiger charge is 2.15. The summed E-state index contributed by atoms with van der Waals surface area (Å²) in [6.45, 7) is 7.44. The van der Waals surface area contributed by atoms with Crippen molar-refractivity contribution >= 4 is 17.2 Å². The van der Waals surface area contributed by atoms with E-state index in [1.54, 1.807) is 11.3 Å². The molecule has 3 nitrogen and oxygen atoms in total. The lowest BCUT2D eigenvalue weighted by atomic mass is 10.1. The van der Waals surface area contributed by atoms with Crippen LogP contribution in [0.2, 0.25) is 0 Å². The summed E-state index contributed by atoms with van der Waals surface area (Å²) < 4.78 is 0. The molecular formula is C17H24N2OS. The Balaban J connectivity index is 2.32. The molecule has 0 aromatic carbocycles. The zero-order chi connectivity index (χ0) is 15.2. The van der Waals surface area contributed by atoms with E-state index in [0.717, 1.165) is 36.5 Å². The molecule has 0 atom stereocenters. The van der Waals surface area contributed by atoms with E-state index < -0.39 is 0 Å². The van der Waals surface area contributed by atoms with E-state index in [2.05, 4.69) is 43.2 Å². The fourth-order valence-corrected chi connectivity index (χ4v) is 3.06. The van der Waals surface area contributed by atoms with Crippen LogP contribution in [0.4, 0.5) is 5.82 Å². The van der Waals surface area contributed by atoms with Crippen molar-refractivity contribution in [3.8, 4) is 0 Å². The van der Waals surface area contributed by atoms with Crippen LogP contribution in [0.1, 0.15) is 43.3 Å². The van der Waals surface area contributed by atoms with Crippen LogP contribution in [-0.2, 0) is 19.6 Å². The molecule has 0 aliphatic rings. The second-order valence-corrected chi connectivity index (χ2v) is 6.57. The Morgan fingerprint density at radius 2 is 2.14 bits per heavy atom. The normalized spacial score (nSPS) is 11.1. The molecule has 2 aromatic rings. The van der Waals surface area contributed by atoms with Crippen LogP contribution in [0.25, 0.3) is 0 Å². The summed E-state index contributed by atoms with van der Waals surface area (Å²) in [5.41, 5.74) is 2.01. The van der Waals surface area contributed by atoms with Gasteiger partial charge in [0, 0.05) is 16.6 Å². The van der Waals surface area contributed by atoms with Crippen LogP contribution < -0.4 is 4.90 Å². The molecule has 0 unspecified atom stereocenters. The highest BCUT2D eigenvalue weighted by atomic mass is 32.1. The average Bonchev–Trinajstić information content (AvgIpc) is 2.97. The predicted molar refractivity (Wildman–Crippen MR) is 89.8 cm³/mol. The number of anilines is 1. The fraction of sp³-hybridized carbons (Fsp3) is 0.471. The van der Waals surface area contributed by atoms with Crippen molar-refractivity contribution < 1.29 is 5.11 Å². The van der Waals surface area contributed by atoms with Gasteiger partial charge >= 0.3 is 0 Å². The molecule has 114 valence electrons. The van der Waals surface area contributed by atoms with Gasteiger partial charge in [-0.15, -0.1) is 11.3 Å². The Kier molecular flexibility index (Phi) is 5.76. The molecule has 0 bridgehead atoms. The summed E-state index contributed by atoms with van der Waals surface area (Å²) in [5.74, 6) is 0.966. The van der Waals surface area contributed by atoms with Crippen molar-refractivity contribution in [2.45, 2.75) is 52.8 Å². The van der Waals surface area contributed by atoms with Gasteiger partial charge in [-0.05, 0) is 49.4 Å². The number of aryl methyl sites for hydroxylation is 1. The van der Waals surface area contributed by atoms with Gasteiger partial charge < -0.3 is 10.0 Å². The second kappa shape index (κ2) is 7.57. The zero-order valence-electron chi connectivity index (χ0n) is 13.0. The Morgan fingerprint density at radius 1 is 1.33 bits per heavy atom. The number of aliphatic hydroxyl groups excluding tert-OH is 1. The van der Waals surface area contributed by atoms with Gasteiger partial charge in [0.15, 0.2) is 0 Å². The van der Waals surface area contributed by atoms with E-state index in [1.165, 1.54) is 4.88 Å². The van der Waals surface area contributed by atoms with Gasteiger partial charge in [0.2, 0.25) is 0 Å². The molecule has 0 aliphatic carbocycles. The number of hydrogen-bond acceptors (Lipinski definition) is 4. The third-order valence-corrected chi connectivity index (χ3v) is 4.30. The minimum atomic E-state index is 0.0666. The average molecular weight is 304 g/mol. The van der Waals surface area contributed by atoms with Crippen LogP contribution in [0.5, 0.6) is 0 Å². The summed E-state index contributed by atoms with van der Waals surface area (Å²) in [5, 5.41) is 11.6. The topological polar surface area (TPSA) is 36.4 Å². The first-order valence-corrected chi connectivity index (χ1v) is 8.41. The third kappa shape index (κ3) is 4.29. The van der Waals surface area contributed by atoms with E-state index in [9.17, 15) is 5.11 Å². The number of hydrogen-bond donors (Lipinski definition) is 1. The second-order valence-electron chi connectivity index (χ2n) is 5.53. The van der Waals surface area contributed by atoms with E-state index in [0.29, 0.717) is 6.04 Å². The van der Waals surface area contributed by atoms with Crippen molar-refractivity contribution in [3.05, 3.63) is 45.8 Å². The number of pyridine rings is 1. The molecule has 0 aliphatic heterocycles. The van der Waals surface area contributed by atoms with Crippen LogP contribution in [0, 0.1) is 0 Å². The Bertz CT molecular complexity index is 552. The van der Waals surface area contributed by atoms with Crippen LogP contribution in [-0.4, -0.2) is 16.1 Å². The number of aromatic nitrogens is 1. The van der Waals surface area contributed by atoms with E-state index >= 15 is 0 Å². The molecule has 0 saturated heterocycles.